The van der Waals surface area contributed by atoms with Crippen molar-refractivity contribution < 1.29 is 19.2 Å². The molecule has 24 heavy (non-hydrogen) atoms. The highest BCUT2D eigenvalue weighted by molar-refractivity contribution is 7.99. The van der Waals surface area contributed by atoms with E-state index in [1.807, 2.05) is 6.07 Å². The molecule has 1 aliphatic rings. The lowest BCUT2D eigenvalue weighted by molar-refractivity contribution is -0.0584. The maximum atomic E-state index is 12.2. The Bertz CT molecular complexity index is 853. The second-order valence-corrected chi connectivity index (χ2v) is 5.85. The molecule has 1 aliphatic heterocycles. The van der Waals surface area contributed by atoms with E-state index in [1.54, 1.807) is 30.3 Å². The summed E-state index contributed by atoms with van der Waals surface area (Å²) >= 11 is 1.27. The third kappa shape index (κ3) is 2.87. The number of nitrogens with zero attached hydrogens (tertiary/aromatic N) is 2. The number of thioether (sulfide) groups is 1. The van der Waals surface area contributed by atoms with Gasteiger partial charge in [-0.25, -0.2) is 4.79 Å². The van der Waals surface area contributed by atoms with Crippen molar-refractivity contribution in [3.8, 4) is 6.07 Å². The molecule has 7 heteroatoms. The second-order valence-electron chi connectivity index (χ2n) is 4.80. The number of fused-ring (bicyclic) bond motifs is 1. The van der Waals surface area contributed by atoms with Crippen LogP contribution in [0.2, 0.25) is 0 Å². The fourth-order valence-electron chi connectivity index (χ4n) is 2.21. The smallest absolute Gasteiger partial charge is 0.324 e. The molecule has 0 aromatic heterocycles. The molecule has 118 valence electrons. The van der Waals surface area contributed by atoms with Crippen LogP contribution in [-0.2, 0) is 4.84 Å². The van der Waals surface area contributed by atoms with E-state index in [4.69, 9.17) is 10.1 Å². The Morgan fingerprint density at radius 3 is 2.38 bits per heavy atom. The van der Waals surface area contributed by atoms with Crippen LogP contribution in [0.1, 0.15) is 31.1 Å². The van der Waals surface area contributed by atoms with Gasteiger partial charge in [0.1, 0.15) is 0 Å². The van der Waals surface area contributed by atoms with Crippen molar-refractivity contribution in [3.05, 3.63) is 65.2 Å². The van der Waals surface area contributed by atoms with Crippen molar-refractivity contribution >= 4 is 29.5 Å². The quantitative estimate of drug-likeness (QED) is 0.629. The van der Waals surface area contributed by atoms with Gasteiger partial charge in [-0.15, -0.1) is 11.8 Å². The third-order valence-electron chi connectivity index (χ3n) is 3.30. The van der Waals surface area contributed by atoms with Crippen LogP contribution in [0.25, 0.3) is 0 Å². The summed E-state index contributed by atoms with van der Waals surface area (Å²) in [5, 5.41) is 9.07. The second kappa shape index (κ2) is 6.56. The molecule has 0 spiro atoms. The Kier molecular flexibility index (Phi) is 4.31. The zero-order chi connectivity index (χ0) is 17.1. The molecular weight excluding hydrogens is 328 g/mol. The van der Waals surface area contributed by atoms with Crippen LogP contribution < -0.4 is 0 Å². The predicted octanol–water partition coefficient (Wildman–Crippen LogP) is 2.67. The van der Waals surface area contributed by atoms with Crippen LogP contribution in [0.4, 0.5) is 0 Å². The molecule has 1 heterocycles. The first-order valence-electron chi connectivity index (χ1n) is 6.91. The number of amides is 2. The van der Waals surface area contributed by atoms with Gasteiger partial charge >= 0.3 is 5.97 Å². The SMILES string of the molecule is N#CCSc1cccc(C(=O)ON2C(=O)c3ccccc3C2=O)c1. The van der Waals surface area contributed by atoms with Crippen LogP contribution in [0.3, 0.4) is 0 Å². The number of rotatable bonds is 4. The number of benzene rings is 2. The van der Waals surface area contributed by atoms with Crippen LogP contribution in [0, 0.1) is 11.3 Å². The van der Waals surface area contributed by atoms with Gasteiger partial charge < -0.3 is 4.84 Å². The molecule has 2 amide bonds. The minimum atomic E-state index is -0.816. The van der Waals surface area contributed by atoms with Gasteiger partial charge in [0.05, 0.1) is 28.5 Å². The van der Waals surface area contributed by atoms with Crippen molar-refractivity contribution in [2.45, 2.75) is 4.90 Å². The van der Waals surface area contributed by atoms with Gasteiger partial charge in [0.25, 0.3) is 11.8 Å². The first-order chi connectivity index (χ1) is 11.6. The zero-order valence-corrected chi connectivity index (χ0v) is 13.1. The summed E-state index contributed by atoms with van der Waals surface area (Å²) in [7, 11) is 0. The Morgan fingerprint density at radius 2 is 1.75 bits per heavy atom. The highest BCUT2D eigenvalue weighted by Crippen LogP contribution is 2.24. The van der Waals surface area contributed by atoms with Crippen molar-refractivity contribution in [1.82, 2.24) is 5.06 Å². The number of nitriles is 1. The lowest BCUT2D eigenvalue weighted by Gasteiger charge is -2.12. The molecule has 0 aliphatic carbocycles. The molecule has 0 bridgehead atoms. The zero-order valence-electron chi connectivity index (χ0n) is 12.3. The Balaban J connectivity index is 1.78. The summed E-state index contributed by atoms with van der Waals surface area (Å²) in [5.41, 5.74) is 0.594. The molecule has 0 N–H and O–H groups in total. The van der Waals surface area contributed by atoms with E-state index in [0.717, 1.165) is 0 Å². The van der Waals surface area contributed by atoms with Crippen LogP contribution in [0.15, 0.2) is 53.4 Å². The first kappa shape index (κ1) is 15.8. The number of imide groups is 1. The van der Waals surface area contributed by atoms with E-state index in [1.165, 1.54) is 30.0 Å². The minimum Gasteiger partial charge on any atom is -0.324 e. The van der Waals surface area contributed by atoms with Crippen molar-refractivity contribution in [3.63, 3.8) is 0 Å². The molecule has 0 atom stereocenters. The Hall–Kier alpha value is -3.11. The number of carbonyl (C=O) groups is 3. The molecule has 0 radical (unpaired) electrons. The van der Waals surface area contributed by atoms with E-state index >= 15 is 0 Å². The maximum Gasteiger partial charge on any atom is 0.363 e. The van der Waals surface area contributed by atoms with Crippen LogP contribution >= 0.6 is 11.8 Å². The van der Waals surface area contributed by atoms with Gasteiger partial charge in [0.15, 0.2) is 0 Å². The van der Waals surface area contributed by atoms with E-state index in [0.29, 0.717) is 9.96 Å². The Morgan fingerprint density at radius 1 is 1.08 bits per heavy atom. The average molecular weight is 338 g/mol. The molecule has 2 aromatic carbocycles. The first-order valence-corrected chi connectivity index (χ1v) is 7.90. The van der Waals surface area contributed by atoms with Crippen LogP contribution in [-0.4, -0.2) is 28.6 Å². The summed E-state index contributed by atoms with van der Waals surface area (Å²) in [5.74, 6) is -1.90. The average Bonchev–Trinajstić information content (AvgIpc) is 2.85. The normalized spacial score (nSPS) is 12.7. The topological polar surface area (TPSA) is 87.5 Å². The fourth-order valence-corrected chi connectivity index (χ4v) is 2.83. The molecule has 3 rings (SSSR count). The highest BCUT2D eigenvalue weighted by Gasteiger charge is 2.38. The number of hydrogen-bond acceptors (Lipinski definition) is 6. The van der Waals surface area contributed by atoms with Gasteiger partial charge in [-0.05, 0) is 30.3 Å². The van der Waals surface area contributed by atoms with E-state index in [-0.39, 0.29) is 22.4 Å². The molecule has 0 fully saturated rings. The van der Waals surface area contributed by atoms with Gasteiger partial charge in [0.2, 0.25) is 0 Å². The van der Waals surface area contributed by atoms with Crippen LogP contribution in [0.5, 0.6) is 0 Å². The molecule has 0 unspecified atom stereocenters. The van der Waals surface area contributed by atoms with E-state index < -0.39 is 17.8 Å². The van der Waals surface area contributed by atoms with Crippen molar-refractivity contribution in [1.29, 1.82) is 5.26 Å². The monoisotopic (exact) mass is 338 g/mol. The number of hydroxylamine groups is 2. The highest BCUT2D eigenvalue weighted by atomic mass is 32.2. The van der Waals surface area contributed by atoms with Crippen molar-refractivity contribution in [2.24, 2.45) is 0 Å². The van der Waals surface area contributed by atoms with Crippen molar-refractivity contribution in [2.75, 3.05) is 5.75 Å². The summed E-state index contributed by atoms with van der Waals surface area (Å²) in [6.07, 6.45) is 0. The number of carbonyl (C=O) groups excluding carboxylic acids is 3. The minimum absolute atomic E-state index is 0.189. The molecule has 0 saturated carbocycles. The van der Waals surface area contributed by atoms with Gasteiger partial charge in [0, 0.05) is 4.90 Å². The molecule has 6 nitrogen and oxygen atoms in total. The summed E-state index contributed by atoms with van der Waals surface area (Å²) < 4.78 is 0. The van der Waals surface area contributed by atoms with Gasteiger partial charge in [-0.3, -0.25) is 9.59 Å². The lowest BCUT2D eigenvalue weighted by atomic mass is 10.1. The maximum absolute atomic E-state index is 12.2. The summed E-state index contributed by atoms with van der Waals surface area (Å²) in [4.78, 5) is 42.3. The van der Waals surface area contributed by atoms with E-state index in [9.17, 15) is 14.4 Å². The lowest BCUT2D eigenvalue weighted by Crippen LogP contribution is -2.32. The third-order valence-corrected chi connectivity index (χ3v) is 4.16. The number of hydrogen-bond donors (Lipinski definition) is 0. The van der Waals surface area contributed by atoms with Gasteiger partial charge in [-0.1, -0.05) is 23.3 Å². The summed E-state index contributed by atoms with van der Waals surface area (Å²) in [6, 6.07) is 14.7. The molecular formula is C17H10N2O4S. The molecule has 0 saturated heterocycles. The molecule has 2 aromatic rings. The largest absolute Gasteiger partial charge is 0.363 e. The standard InChI is InChI=1S/C17H10N2O4S/c18-8-9-24-12-5-3-4-11(10-12)17(22)23-19-15(20)13-6-1-2-7-14(13)16(19)21/h1-7,10H,9H2. The van der Waals surface area contributed by atoms with E-state index in [2.05, 4.69) is 0 Å². The fraction of sp³-hybridized carbons (Fsp3) is 0.0588. The van der Waals surface area contributed by atoms with Gasteiger partial charge in [-0.2, -0.15) is 5.26 Å². The Labute approximate surface area is 141 Å². The predicted molar refractivity (Wildman–Crippen MR) is 85.1 cm³/mol. The summed E-state index contributed by atoms with van der Waals surface area (Å²) in [6.45, 7) is 0.